The molecule has 0 bridgehead atoms. The van der Waals surface area contributed by atoms with Crippen molar-refractivity contribution in [3.05, 3.63) is 42.5 Å². The number of ether oxygens (including phenoxy) is 1. The molecule has 7 nitrogen and oxygen atoms in total. The Hall–Kier alpha value is -2.07. The summed E-state index contributed by atoms with van der Waals surface area (Å²) in [7, 11) is -6.62. The van der Waals surface area contributed by atoms with Crippen LogP contribution in [0.3, 0.4) is 0 Å². The first-order valence-electron chi connectivity index (χ1n) is 7.94. The average molecular weight is 565 g/mol. The number of phenols is 2. The van der Waals surface area contributed by atoms with Crippen LogP contribution >= 0.6 is 0 Å². The third-order valence-electron chi connectivity index (χ3n) is 3.61. The second-order valence-corrected chi connectivity index (χ2v) is 10.5. The summed E-state index contributed by atoms with van der Waals surface area (Å²) in [6.45, 7) is 0. The van der Waals surface area contributed by atoms with E-state index in [1.807, 2.05) is 0 Å². The van der Waals surface area contributed by atoms with Crippen LogP contribution in [-0.2, 0) is 14.9 Å². The summed E-state index contributed by atoms with van der Waals surface area (Å²) >= 11 is -1.06. The molecule has 0 aliphatic heterocycles. The van der Waals surface area contributed by atoms with Crippen LogP contribution in [0.25, 0.3) is 0 Å². The van der Waals surface area contributed by atoms with Crippen molar-refractivity contribution in [2.75, 3.05) is 0 Å². The molecule has 0 amide bonds. The van der Waals surface area contributed by atoms with E-state index < -0.39 is 61.0 Å². The maximum absolute atomic E-state index is 13.3. The van der Waals surface area contributed by atoms with E-state index >= 15 is 0 Å². The van der Waals surface area contributed by atoms with Crippen LogP contribution in [0.1, 0.15) is 12.8 Å². The van der Waals surface area contributed by atoms with Gasteiger partial charge in [-0.3, -0.25) is 0 Å². The number of halogens is 4. The van der Waals surface area contributed by atoms with Gasteiger partial charge in [0.15, 0.2) is 0 Å². The van der Waals surface area contributed by atoms with Gasteiger partial charge in [-0.05, 0) is 0 Å². The molecular weight excluding hydrogens is 552 g/mol. The van der Waals surface area contributed by atoms with Crippen LogP contribution in [0, 0.1) is 0 Å². The van der Waals surface area contributed by atoms with E-state index in [0.29, 0.717) is 3.61 Å². The quantitative estimate of drug-likeness (QED) is 0.162. The Morgan fingerprint density at radius 1 is 1.07 bits per heavy atom. The van der Waals surface area contributed by atoms with Gasteiger partial charge < -0.3 is 0 Å². The van der Waals surface area contributed by atoms with Gasteiger partial charge in [0, 0.05) is 0 Å². The molecule has 164 valence electrons. The van der Waals surface area contributed by atoms with Gasteiger partial charge in [-0.2, -0.15) is 0 Å². The van der Waals surface area contributed by atoms with Gasteiger partial charge in [-0.15, -0.1) is 0 Å². The van der Waals surface area contributed by atoms with Crippen LogP contribution < -0.4 is 12.0 Å². The first-order valence-corrected chi connectivity index (χ1v) is 11.7. The standard InChI is InChI=1S/C17H14F4O7STe/c18-16(19,17(20,21)29(25,26)27)8-7-15(24)28-11-2-4-12(5-3-11)30-14-6-1-10(22)9-13(14)23/h1-6,9,22-23H,7-8H2,(H,25,26,27)/p-1. The number of benzene rings is 2. The number of alkyl halides is 4. The predicted octanol–water partition coefficient (Wildman–Crippen LogP) is 1.21. The number of esters is 1. The van der Waals surface area contributed by atoms with Crippen LogP contribution in [0.5, 0.6) is 17.2 Å². The van der Waals surface area contributed by atoms with Crippen LogP contribution in [0.15, 0.2) is 42.5 Å². The number of rotatable bonds is 8. The summed E-state index contributed by atoms with van der Waals surface area (Å²) in [6, 6.07) is 9.89. The fourth-order valence-corrected chi connectivity index (χ4v) is 4.89. The third kappa shape index (κ3) is 5.75. The Balaban J connectivity index is 1.96. The molecule has 0 aliphatic carbocycles. The Morgan fingerprint density at radius 2 is 1.67 bits per heavy atom. The van der Waals surface area contributed by atoms with Gasteiger partial charge in [0.25, 0.3) is 0 Å². The monoisotopic (exact) mass is 567 g/mol. The molecule has 2 aromatic rings. The van der Waals surface area contributed by atoms with E-state index in [1.165, 1.54) is 24.3 Å². The third-order valence-corrected chi connectivity index (χ3v) is 7.60. The SMILES string of the molecule is O=C(CCC(F)(F)C(F)(F)S(=O)(=O)[O-])Oc1ccc([Te]c2ccc(O)cc2O)cc1. The van der Waals surface area contributed by atoms with Gasteiger partial charge in [-0.25, -0.2) is 0 Å². The van der Waals surface area contributed by atoms with Crippen molar-refractivity contribution in [2.45, 2.75) is 24.0 Å². The van der Waals surface area contributed by atoms with E-state index in [0.717, 1.165) is 3.61 Å². The van der Waals surface area contributed by atoms with Crippen molar-refractivity contribution in [2.24, 2.45) is 0 Å². The molecule has 0 saturated heterocycles. The Labute approximate surface area is 178 Å². The van der Waals surface area contributed by atoms with Crippen molar-refractivity contribution in [1.29, 1.82) is 0 Å². The van der Waals surface area contributed by atoms with Gasteiger partial charge in [0.2, 0.25) is 0 Å². The fourth-order valence-electron chi connectivity index (χ4n) is 2.06. The minimum atomic E-state index is -6.62. The Kier molecular flexibility index (Phi) is 7.24. The van der Waals surface area contributed by atoms with E-state index in [2.05, 4.69) is 0 Å². The zero-order valence-electron chi connectivity index (χ0n) is 14.7. The van der Waals surface area contributed by atoms with E-state index in [9.17, 15) is 45.5 Å². The summed E-state index contributed by atoms with van der Waals surface area (Å²) < 4.78 is 89.8. The number of carbonyl (C=O) groups is 1. The van der Waals surface area contributed by atoms with Crippen molar-refractivity contribution in [3.8, 4) is 17.2 Å². The normalized spacial score (nSPS) is 12.6. The molecule has 2 aromatic carbocycles. The van der Waals surface area contributed by atoms with Gasteiger partial charge in [-0.1, -0.05) is 0 Å². The number of phenolic OH excluding ortho intramolecular Hbond substituents is 2. The van der Waals surface area contributed by atoms with Gasteiger partial charge >= 0.3 is 178 Å². The zero-order valence-corrected chi connectivity index (χ0v) is 17.9. The van der Waals surface area contributed by atoms with Crippen LogP contribution in [0.2, 0.25) is 0 Å². The summed E-state index contributed by atoms with van der Waals surface area (Å²) in [5.41, 5.74) is 0. The number of carbonyl (C=O) groups excluding carboxylic acids is 1. The summed E-state index contributed by atoms with van der Waals surface area (Å²) in [4.78, 5) is 11.6. The molecule has 0 aliphatic rings. The zero-order chi connectivity index (χ0) is 22.7. The van der Waals surface area contributed by atoms with Gasteiger partial charge in [0.05, 0.1) is 0 Å². The first kappa shape index (κ1) is 24.2. The Bertz CT molecular complexity index is 1030. The molecule has 0 spiro atoms. The molecule has 0 radical (unpaired) electrons. The molecule has 0 saturated carbocycles. The molecule has 0 unspecified atom stereocenters. The molecule has 30 heavy (non-hydrogen) atoms. The summed E-state index contributed by atoms with van der Waals surface area (Å²) in [5.74, 6) is -6.81. The number of hydrogen-bond acceptors (Lipinski definition) is 7. The van der Waals surface area contributed by atoms with E-state index in [-0.39, 0.29) is 17.2 Å². The molecule has 0 heterocycles. The molecule has 13 heteroatoms. The number of aromatic hydroxyl groups is 2. The second kappa shape index (κ2) is 8.97. The van der Waals surface area contributed by atoms with Crippen LogP contribution in [-0.4, -0.2) is 61.3 Å². The first-order chi connectivity index (χ1) is 13.7. The van der Waals surface area contributed by atoms with E-state index in [1.54, 1.807) is 18.2 Å². The van der Waals surface area contributed by atoms with Crippen LogP contribution in [0.4, 0.5) is 17.6 Å². The predicted molar refractivity (Wildman–Crippen MR) is 95.7 cm³/mol. The van der Waals surface area contributed by atoms with Crippen molar-refractivity contribution in [1.82, 2.24) is 0 Å². The molecule has 2 rings (SSSR count). The van der Waals surface area contributed by atoms with Crippen molar-refractivity contribution >= 4 is 44.2 Å². The summed E-state index contributed by atoms with van der Waals surface area (Å²) in [6.07, 6.45) is -3.15. The molecule has 0 aromatic heterocycles. The molecule has 0 fully saturated rings. The maximum atomic E-state index is 13.3. The number of hydrogen-bond donors (Lipinski definition) is 2. The molecule has 0 atom stereocenters. The Morgan fingerprint density at radius 3 is 2.20 bits per heavy atom. The van der Waals surface area contributed by atoms with Crippen molar-refractivity contribution < 1.29 is 50.3 Å². The summed E-state index contributed by atoms with van der Waals surface area (Å²) in [5, 5.41) is 13.2. The van der Waals surface area contributed by atoms with E-state index in [4.69, 9.17) is 4.74 Å². The second-order valence-electron chi connectivity index (χ2n) is 5.87. The topological polar surface area (TPSA) is 124 Å². The van der Waals surface area contributed by atoms with Gasteiger partial charge in [0.1, 0.15) is 0 Å². The minimum absolute atomic E-state index is 0.0716. The fraction of sp³-hybridized carbons (Fsp3) is 0.235. The molecule has 2 N–H and O–H groups in total. The van der Waals surface area contributed by atoms with Crippen molar-refractivity contribution in [3.63, 3.8) is 0 Å². The molecular formula is C17H13F4O7STe-. The average Bonchev–Trinajstić information content (AvgIpc) is 2.63.